The van der Waals surface area contributed by atoms with Crippen LogP contribution in [0.3, 0.4) is 0 Å². The monoisotopic (exact) mass is 256 g/mol. The zero-order valence-corrected chi connectivity index (χ0v) is 10.7. The number of nitrogens with zero attached hydrogens (tertiary/aromatic N) is 1. The van der Waals surface area contributed by atoms with Gasteiger partial charge in [-0.05, 0) is 16.7 Å². The lowest BCUT2D eigenvalue weighted by Crippen LogP contribution is -2.14. The molecule has 0 unspecified atom stereocenters. The fraction of sp³-hybridized carbons (Fsp3) is 0.133. The van der Waals surface area contributed by atoms with Crippen molar-refractivity contribution in [1.29, 1.82) is 0 Å². The first-order valence-electron chi connectivity index (χ1n) is 5.91. The van der Waals surface area contributed by atoms with Crippen LogP contribution in [0.25, 0.3) is 11.1 Å². The second-order valence-corrected chi connectivity index (χ2v) is 4.16. The highest BCUT2D eigenvalue weighted by molar-refractivity contribution is 6.03. The Morgan fingerprint density at radius 2 is 1.84 bits per heavy atom. The SMILES string of the molecule is COCc1ccc(-c2ccccc2/C(N)=N\O)cc1. The Hall–Kier alpha value is -2.33. The van der Waals surface area contributed by atoms with Gasteiger partial charge in [-0.25, -0.2) is 0 Å². The highest BCUT2D eigenvalue weighted by Gasteiger charge is 2.08. The van der Waals surface area contributed by atoms with Gasteiger partial charge in [0.25, 0.3) is 0 Å². The van der Waals surface area contributed by atoms with E-state index in [9.17, 15) is 0 Å². The second kappa shape index (κ2) is 6.02. The van der Waals surface area contributed by atoms with Crippen LogP contribution in [-0.2, 0) is 11.3 Å². The van der Waals surface area contributed by atoms with Crippen molar-refractivity contribution >= 4 is 5.84 Å². The summed E-state index contributed by atoms with van der Waals surface area (Å²) in [6, 6.07) is 15.5. The first-order valence-corrected chi connectivity index (χ1v) is 5.91. The maximum atomic E-state index is 8.82. The molecular weight excluding hydrogens is 240 g/mol. The van der Waals surface area contributed by atoms with Crippen molar-refractivity contribution in [2.75, 3.05) is 7.11 Å². The maximum absolute atomic E-state index is 8.82. The Morgan fingerprint density at radius 1 is 1.16 bits per heavy atom. The van der Waals surface area contributed by atoms with Crippen LogP contribution in [0.5, 0.6) is 0 Å². The Kier molecular flexibility index (Phi) is 4.15. The number of hydrogen-bond acceptors (Lipinski definition) is 3. The molecule has 19 heavy (non-hydrogen) atoms. The average molecular weight is 256 g/mol. The van der Waals surface area contributed by atoms with E-state index in [0.29, 0.717) is 12.2 Å². The van der Waals surface area contributed by atoms with Crippen LogP contribution in [0, 0.1) is 0 Å². The topological polar surface area (TPSA) is 67.8 Å². The Labute approximate surface area is 112 Å². The first-order chi connectivity index (χ1) is 9.26. The smallest absolute Gasteiger partial charge is 0.170 e. The molecule has 0 aromatic heterocycles. The van der Waals surface area contributed by atoms with Crippen LogP contribution >= 0.6 is 0 Å². The summed E-state index contributed by atoms with van der Waals surface area (Å²) in [4.78, 5) is 0. The third kappa shape index (κ3) is 2.92. The molecule has 0 aliphatic carbocycles. The number of benzene rings is 2. The van der Waals surface area contributed by atoms with E-state index in [2.05, 4.69) is 5.16 Å². The molecule has 0 saturated carbocycles. The zero-order chi connectivity index (χ0) is 13.7. The summed E-state index contributed by atoms with van der Waals surface area (Å²) in [5, 5.41) is 11.9. The summed E-state index contributed by atoms with van der Waals surface area (Å²) in [6.07, 6.45) is 0. The van der Waals surface area contributed by atoms with Crippen LogP contribution in [0.15, 0.2) is 53.7 Å². The normalized spacial score (nSPS) is 11.5. The maximum Gasteiger partial charge on any atom is 0.170 e. The molecule has 0 aliphatic rings. The van der Waals surface area contributed by atoms with Crippen molar-refractivity contribution in [3.8, 4) is 11.1 Å². The molecule has 0 atom stereocenters. The van der Waals surface area contributed by atoms with Crippen molar-refractivity contribution in [3.05, 3.63) is 59.7 Å². The number of ether oxygens (including phenoxy) is 1. The molecule has 2 aromatic rings. The molecule has 0 radical (unpaired) electrons. The van der Waals surface area contributed by atoms with E-state index in [0.717, 1.165) is 16.7 Å². The van der Waals surface area contributed by atoms with Crippen molar-refractivity contribution in [2.24, 2.45) is 10.9 Å². The van der Waals surface area contributed by atoms with Crippen LogP contribution in [-0.4, -0.2) is 18.2 Å². The fourth-order valence-corrected chi connectivity index (χ4v) is 1.96. The lowest BCUT2D eigenvalue weighted by Gasteiger charge is -2.09. The number of amidine groups is 1. The molecule has 2 aromatic carbocycles. The van der Waals surface area contributed by atoms with Crippen LogP contribution in [0.1, 0.15) is 11.1 Å². The molecule has 4 heteroatoms. The number of rotatable bonds is 4. The molecule has 0 bridgehead atoms. The Bertz CT molecular complexity index is 577. The molecule has 0 saturated heterocycles. The van der Waals surface area contributed by atoms with E-state index >= 15 is 0 Å². The molecule has 0 aliphatic heterocycles. The molecule has 0 amide bonds. The predicted octanol–water partition coefficient (Wildman–Crippen LogP) is 2.59. The van der Waals surface area contributed by atoms with E-state index in [1.165, 1.54) is 0 Å². The first kappa shape index (κ1) is 13.1. The summed E-state index contributed by atoms with van der Waals surface area (Å²) in [7, 11) is 1.67. The average Bonchev–Trinajstić information content (AvgIpc) is 2.47. The third-order valence-corrected chi connectivity index (χ3v) is 2.89. The molecule has 0 fully saturated rings. The van der Waals surface area contributed by atoms with Crippen molar-refractivity contribution < 1.29 is 9.94 Å². The van der Waals surface area contributed by atoms with Gasteiger partial charge in [0.05, 0.1) is 6.61 Å². The highest BCUT2D eigenvalue weighted by atomic mass is 16.5. The molecule has 98 valence electrons. The molecule has 3 N–H and O–H groups in total. The van der Waals surface area contributed by atoms with Crippen molar-refractivity contribution in [3.63, 3.8) is 0 Å². The largest absolute Gasteiger partial charge is 0.409 e. The van der Waals surface area contributed by atoms with E-state index in [4.69, 9.17) is 15.7 Å². The summed E-state index contributed by atoms with van der Waals surface area (Å²) in [5.41, 5.74) is 9.45. The molecule has 2 rings (SSSR count). The lowest BCUT2D eigenvalue weighted by molar-refractivity contribution is 0.185. The van der Waals surface area contributed by atoms with Crippen molar-refractivity contribution in [2.45, 2.75) is 6.61 Å². The minimum atomic E-state index is 0.108. The third-order valence-electron chi connectivity index (χ3n) is 2.89. The zero-order valence-electron chi connectivity index (χ0n) is 10.7. The van der Waals surface area contributed by atoms with Crippen LogP contribution in [0.4, 0.5) is 0 Å². The van der Waals surface area contributed by atoms with Gasteiger partial charge in [0.15, 0.2) is 5.84 Å². The Morgan fingerprint density at radius 3 is 2.47 bits per heavy atom. The van der Waals surface area contributed by atoms with Gasteiger partial charge in [0, 0.05) is 12.7 Å². The molecule has 0 heterocycles. The second-order valence-electron chi connectivity index (χ2n) is 4.16. The lowest BCUT2D eigenvalue weighted by atomic mass is 9.98. The molecule has 0 spiro atoms. The minimum absolute atomic E-state index is 0.108. The predicted molar refractivity (Wildman–Crippen MR) is 75.1 cm³/mol. The van der Waals surface area contributed by atoms with Gasteiger partial charge in [-0.3, -0.25) is 0 Å². The van der Waals surface area contributed by atoms with Crippen LogP contribution < -0.4 is 5.73 Å². The van der Waals surface area contributed by atoms with Gasteiger partial charge < -0.3 is 15.7 Å². The summed E-state index contributed by atoms with van der Waals surface area (Å²) < 4.78 is 5.08. The standard InChI is InChI=1S/C15H16N2O2/c1-19-10-11-6-8-12(9-7-11)13-4-2-3-5-14(13)15(16)17-18/h2-9,18H,10H2,1H3,(H2,16,17). The number of methoxy groups -OCH3 is 1. The number of nitrogens with two attached hydrogens (primary N) is 1. The molecule has 4 nitrogen and oxygen atoms in total. The van der Waals surface area contributed by atoms with Gasteiger partial charge in [-0.15, -0.1) is 0 Å². The highest BCUT2D eigenvalue weighted by Crippen LogP contribution is 2.24. The van der Waals surface area contributed by atoms with E-state index in [1.807, 2.05) is 48.5 Å². The van der Waals surface area contributed by atoms with Crippen molar-refractivity contribution in [1.82, 2.24) is 0 Å². The van der Waals surface area contributed by atoms with Gasteiger partial charge in [0.1, 0.15) is 0 Å². The van der Waals surface area contributed by atoms with Gasteiger partial charge in [0.2, 0.25) is 0 Å². The summed E-state index contributed by atoms with van der Waals surface area (Å²) in [6.45, 7) is 0.585. The van der Waals surface area contributed by atoms with Gasteiger partial charge in [-0.2, -0.15) is 0 Å². The van der Waals surface area contributed by atoms with E-state index in [-0.39, 0.29) is 5.84 Å². The molecular formula is C15H16N2O2. The number of hydrogen-bond donors (Lipinski definition) is 2. The minimum Gasteiger partial charge on any atom is -0.409 e. The fourth-order valence-electron chi connectivity index (χ4n) is 1.96. The quantitative estimate of drug-likeness (QED) is 0.382. The van der Waals surface area contributed by atoms with E-state index in [1.54, 1.807) is 7.11 Å². The Balaban J connectivity index is 2.41. The van der Waals surface area contributed by atoms with Crippen LogP contribution in [0.2, 0.25) is 0 Å². The van der Waals surface area contributed by atoms with Gasteiger partial charge in [-0.1, -0.05) is 53.7 Å². The summed E-state index contributed by atoms with van der Waals surface area (Å²) >= 11 is 0. The summed E-state index contributed by atoms with van der Waals surface area (Å²) in [5.74, 6) is 0.108. The van der Waals surface area contributed by atoms with E-state index < -0.39 is 0 Å². The van der Waals surface area contributed by atoms with Gasteiger partial charge >= 0.3 is 0 Å². The number of oxime groups is 1.